The monoisotopic (exact) mass is 232 g/mol. The highest BCUT2D eigenvalue weighted by atomic mass is 33.1. The van der Waals surface area contributed by atoms with E-state index in [1.807, 2.05) is 37.3 Å². The van der Waals surface area contributed by atoms with E-state index in [1.165, 1.54) is 0 Å². The van der Waals surface area contributed by atoms with Gasteiger partial charge in [-0.2, -0.15) is 0 Å². The van der Waals surface area contributed by atoms with E-state index in [-0.39, 0.29) is 5.25 Å². The molecule has 0 radical (unpaired) electrons. The lowest BCUT2D eigenvalue weighted by molar-refractivity contribution is 0.635. The lowest BCUT2D eigenvalue weighted by Gasteiger charge is -2.16. The van der Waals surface area contributed by atoms with Crippen molar-refractivity contribution in [1.82, 2.24) is 0 Å². The first-order valence-corrected chi connectivity index (χ1v) is 7.57. The third-order valence-electron chi connectivity index (χ3n) is 1.90. The van der Waals surface area contributed by atoms with Crippen molar-refractivity contribution in [3.8, 4) is 0 Å². The molecule has 0 fully saturated rings. The maximum atomic E-state index is 9.64. The van der Waals surface area contributed by atoms with Crippen LogP contribution in [0.4, 0.5) is 0 Å². The van der Waals surface area contributed by atoms with Crippen molar-refractivity contribution in [2.24, 2.45) is 0 Å². The average molecular weight is 232 g/mol. The largest absolute Gasteiger partial charge is 0.325 e. The minimum absolute atomic E-state index is 0.0568. The number of benzene rings is 1. The van der Waals surface area contributed by atoms with Gasteiger partial charge in [0.05, 0.1) is 5.25 Å². The van der Waals surface area contributed by atoms with Gasteiger partial charge >= 0.3 is 0 Å². The van der Waals surface area contributed by atoms with Crippen LogP contribution in [0.2, 0.25) is 0 Å². The van der Waals surface area contributed by atoms with Crippen molar-refractivity contribution in [1.29, 1.82) is 0 Å². The molecule has 0 amide bonds. The third kappa shape index (κ3) is 2.98. The van der Waals surface area contributed by atoms with Gasteiger partial charge in [0.15, 0.2) is 0 Å². The molecular weight excluding hydrogens is 220 g/mol. The Bertz CT molecular complexity index is 356. The number of hydrogen-bond acceptors (Lipinski definition) is 2. The van der Waals surface area contributed by atoms with E-state index in [0.717, 1.165) is 12.0 Å². The molecule has 1 unspecified atom stereocenters. The minimum Gasteiger partial charge on any atom is -0.325 e. The maximum absolute atomic E-state index is 9.64. The molecule has 4 heteroatoms. The Morgan fingerprint density at radius 3 is 2.23 bits per heavy atom. The molecule has 1 aromatic carbocycles. The average Bonchev–Trinajstić information content (AvgIpc) is 2.05. The molecule has 13 heavy (non-hydrogen) atoms. The Balaban J connectivity index is 3.06. The van der Waals surface area contributed by atoms with E-state index in [0.29, 0.717) is 0 Å². The topological polar surface area (TPSA) is 20.2 Å². The predicted molar refractivity (Wildman–Crippen MR) is 64.2 cm³/mol. The van der Waals surface area contributed by atoms with Gasteiger partial charge in [0, 0.05) is 7.43 Å². The summed E-state index contributed by atoms with van der Waals surface area (Å²) in [6.45, 7) is 1.99. The summed E-state index contributed by atoms with van der Waals surface area (Å²) in [5, 5.41) is -0.0568. The van der Waals surface area contributed by atoms with Gasteiger partial charge in [0.2, 0.25) is 0 Å². The van der Waals surface area contributed by atoms with Crippen molar-refractivity contribution in [2.75, 3.05) is 0 Å². The first-order valence-electron chi connectivity index (χ1n) is 4.07. The standard InChI is InChI=1S/C9H12OS3/c1-2-9(13(10,11)12)8-6-4-3-5-7-8/h3-7,9H,2H2,1H3,(H,10,11,12). The van der Waals surface area contributed by atoms with Gasteiger partial charge < -0.3 is 4.55 Å². The van der Waals surface area contributed by atoms with Gasteiger partial charge in [-0.3, -0.25) is 0 Å². The fourth-order valence-electron chi connectivity index (χ4n) is 1.29. The van der Waals surface area contributed by atoms with E-state index in [9.17, 15) is 4.55 Å². The highest BCUT2D eigenvalue weighted by molar-refractivity contribution is 8.53. The molecule has 1 rings (SSSR count). The highest BCUT2D eigenvalue weighted by Crippen LogP contribution is 2.24. The molecule has 0 aliphatic rings. The first kappa shape index (κ1) is 11.0. The molecule has 1 atom stereocenters. The van der Waals surface area contributed by atoms with Gasteiger partial charge in [-0.1, -0.05) is 37.3 Å². The summed E-state index contributed by atoms with van der Waals surface area (Å²) in [5.41, 5.74) is 1.05. The quantitative estimate of drug-likeness (QED) is 0.865. The lowest BCUT2D eigenvalue weighted by atomic mass is 10.1. The van der Waals surface area contributed by atoms with Gasteiger partial charge in [-0.05, 0) is 34.4 Å². The maximum Gasteiger partial charge on any atom is 0.0607 e. The fourth-order valence-corrected chi connectivity index (χ4v) is 3.69. The summed E-state index contributed by atoms with van der Waals surface area (Å²) in [6, 6.07) is 9.74. The molecule has 1 N–H and O–H groups in total. The van der Waals surface area contributed by atoms with Crippen LogP contribution in [0.5, 0.6) is 0 Å². The van der Waals surface area contributed by atoms with Crippen LogP contribution >= 0.6 is 0 Å². The van der Waals surface area contributed by atoms with Crippen molar-refractivity contribution in [2.45, 2.75) is 18.6 Å². The molecule has 0 saturated heterocycles. The summed E-state index contributed by atoms with van der Waals surface area (Å²) in [5.74, 6) is 0. The molecule has 0 saturated carbocycles. The van der Waals surface area contributed by atoms with Crippen molar-refractivity contribution in [3.05, 3.63) is 35.9 Å². The van der Waals surface area contributed by atoms with Gasteiger partial charge in [0.25, 0.3) is 0 Å². The van der Waals surface area contributed by atoms with E-state index < -0.39 is 7.43 Å². The van der Waals surface area contributed by atoms with Crippen LogP contribution in [-0.2, 0) is 29.8 Å². The Kier molecular flexibility index (Phi) is 3.79. The molecule has 0 aromatic heterocycles. The lowest BCUT2D eigenvalue weighted by Crippen LogP contribution is -2.08. The van der Waals surface area contributed by atoms with Gasteiger partial charge in [0.1, 0.15) is 0 Å². The SMILES string of the molecule is CCC(c1ccccc1)S(O)(=S)=S. The van der Waals surface area contributed by atoms with E-state index in [4.69, 9.17) is 22.4 Å². The summed E-state index contributed by atoms with van der Waals surface area (Å²) in [6.07, 6.45) is 0.794. The zero-order chi connectivity index (χ0) is 9.90. The second-order valence-electron chi connectivity index (χ2n) is 2.82. The van der Waals surface area contributed by atoms with Gasteiger partial charge in [-0.15, -0.1) is 0 Å². The van der Waals surface area contributed by atoms with Crippen LogP contribution in [-0.4, -0.2) is 4.55 Å². The van der Waals surface area contributed by atoms with Crippen LogP contribution < -0.4 is 0 Å². The van der Waals surface area contributed by atoms with Crippen LogP contribution in [0.3, 0.4) is 0 Å². The first-order chi connectivity index (χ1) is 6.05. The second kappa shape index (κ2) is 4.46. The fraction of sp³-hybridized carbons (Fsp3) is 0.333. The predicted octanol–water partition coefficient (Wildman–Crippen LogP) is 2.69. The minimum atomic E-state index is -2.30. The Hall–Kier alpha value is -0.0300. The highest BCUT2D eigenvalue weighted by Gasteiger charge is 2.15. The van der Waals surface area contributed by atoms with Crippen molar-refractivity contribution in [3.63, 3.8) is 0 Å². The Labute approximate surface area is 88.8 Å². The molecule has 72 valence electrons. The molecule has 0 aliphatic carbocycles. The van der Waals surface area contributed by atoms with Crippen molar-refractivity contribution < 1.29 is 4.55 Å². The summed E-state index contributed by atoms with van der Waals surface area (Å²) < 4.78 is 9.64. The zero-order valence-corrected chi connectivity index (χ0v) is 9.79. The second-order valence-corrected chi connectivity index (χ2v) is 8.10. The normalized spacial score (nSPS) is 14.0. The van der Waals surface area contributed by atoms with Crippen molar-refractivity contribution >= 4 is 29.8 Å². The van der Waals surface area contributed by atoms with E-state index in [2.05, 4.69) is 0 Å². The molecule has 1 aromatic rings. The van der Waals surface area contributed by atoms with E-state index in [1.54, 1.807) is 0 Å². The number of rotatable bonds is 3. The molecule has 0 spiro atoms. The summed E-state index contributed by atoms with van der Waals surface area (Å²) >= 11 is 9.88. The number of hydrogen-bond donors (Lipinski definition) is 1. The van der Waals surface area contributed by atoms with Gasteiger partial charge in [-0.25, -0.2) is 0 Å². The summed E-state index contributed by atoms with van der Waals surface area (Å²) in [7, 11) is -2.30. The molecule has 0 aliphatic heterocycles. The smallest absolute Gasteiger partial charge is 0.0607 e. The molecule has 0 bridgehead atoms. The Morgan fingerprint density at radius 2 is 1.85 bits per heavy atom. The zero-order valence-electron chi connectivity index (χ0n) is 7.34. The molecule has 0 heterocycles. The van der Waals surface area contributed by atoms with E-state index >= 15 is 0 Å². The third-order valence-corrected chi connectivity index (χ3v) is 4.62. The molecular formula is C9H12OS3. The van der Waals surface area contributed by atoms with Crippen LogP contribution in [0.1, 0.15) is 24.2 Å². The summed E-state index contributed by atoms with van der Waals surface area (Å²) in [4.78, 5) is 0. The Morgan fingerprint density at radius 1 is 1.31 bits per heavy atom. The van der Waals surface area contributed by atoms with Crippen LogP contribution in [0.25, 0.3) is 0 Å². The van der Waals surface area contributed by atoms with Crippen LogP contribution in [0, 0.1) is 0 Å². The molecule has 1 nitrogen and oxygen atoms in total. The van der Waals surface area contributed by atoms with Crippen LogP contribution in [0.15, 0.2) is 30.3 Å².